The minimum Gasteiger partial charge on any atom is -0.486 e. The van der Waals surface area contributed by atoms with Crippen LogP contribution in [0.15, 0.2) is 47.5 Å². The largest absolute Gasteiger partial charge is 0.486 e. The van der Waals surface area contributed by atoms with Crippen molar-refractivity contribution in [3.8, 4) is 11.5 Å². The highest BCUT2D eigenvalue weighted by atomic mass is 32.1. The molecule has 0 saturated heterocycles. The van der Waals surface area contributed by atoms with Gasteiger partial charge in [0.25, 0.3) is 5.91 Å². The Morgan fingerprint density at radius 2 is 1.86 bits per heavy atom. The summed E-state index contributed by atoms with van der Waals surface area (Å²) in [7, 11) is 1.36. The maximum Gasteiger partial charge on any atom is 0.307 e. The Morgan fingerprint density at radius 3 is 2.59 bits per heavy atom. The van der Waals surface area contributed by atoms with Gasteiger partial charge in [0.1, 0.15) is 13.2 Å². The fraction of sp³-hybridized carbons (Fsp3) is 0.286. The van der Waals surface area contributed by atoms with Gasteiger partial charge in [-0.15, -0.1) is 0 Å². The van der Waals surface area contributed by atoms with E-state index in [4.69, 9.17) is 14.2 Å². The Labute approximate surface area is 171 Å². The van der Waals surface area contributed by atoms with Crippen molar-refractivity contribution in [2.75, 3.05) is 20.3 Å². The van der Waals surface area contributed by atoms with Crippen LogP contribution in [0.5, 0.6) is 11.5 Å². The molecule has 0 spiro atoms. The number of esters is 1. The summed E-state index contributed by atoms with van der Waals surface area (Å²) in [5.41, 5.74) is 1.75. The standard InChI is InChI=1S/C21H20N2O5S/c1-26-20(25)7-8-23-15-12-16-17(28-10-9-27-16)13-18(15)29-21(23)22-19(24)11-14-5-3-2-4-6-14/h2-6,12-13H,7-11H2,1H3. The summed E-state index contributed by atoms with van der Waals surface area (Å²) < 4.78 is 18.9. The number of methoxy groups -OCH3 is 1. The lowest BCUT2D eigenvalue weighted by Gasteiger charge is -2.18. The van der Waals surface area contributed by atoms with Crippen molar-refractivity contribution >= 4 is 33.4 Å². The van der Waals surface area contributed by atoms with Gasteiger partial charge in [0.05, 0.1) is 30.2 Å². The van der Waals surface area contributed by atoms with E-state index < -0.39 is 0 Å². The topological polar surface area (TPSA) is 79.1 Å². The van der Waals surface area contributed by atoms with E-state index in [-0.39, 0.29) is 24.7 Å². The number of hydrogen-bond donors (Lipinski definition) is 0. The summed E-state index contributed by atoms with van der Waals surface area (Å²) in [4.78, 5) is 29.1. The first-order valence-electron chi connectivity index (χ1n) is 9.25. The quantitative estimate of drug-likeness (QED) is 0.602. The normalized spacial score (nSPS) is 13.5. The summed E-state index contributed by atoms with van der Waals surface area (Å²) in [5.74, 6) is 0.755. The molecule has 3 aromatic rings. The highest BCUT2D eigenvalue weighted by molar-refractivity contribution is 7.16. The second-order valence-electron chi connectivity index (χ2n) is 6.49. The van der Waals surface area contributed by atoms with Crippen molar-refractivity contribution < 1.29 is 23.8 Å². The molecule has 0 fully saturated rings. The number of benzene rings is 2. The SMILES string of the molecule is COC(=O)CCn1c(=NC(=O)Cc2ccccc2)sc2cc3c(cc21)OCCO3. The van der Waals surface area contributed by atoms with Crippen molar-refractivity contribution in [3.63, 3.8) is 0 Å². The molecule has 0 aliphatic carbocycles. The molecule has 0 saturated carbocycles. The molecule has 2 aromatic carbocycles. The fourth-order valence-corrected chi connectivity index (χ4v) is 4.21. The maximum absolute atomic E-state index is 12.5. The van der Waals surface area contributed by atoms with Gasteiger partial charge in [0, 0.05) is 18.7 Å². The number of ether oxygens (including phenoxy) is 3. The van der Waals surface area contributed by atoms with Crippen LogP contribution in [0.4, 0.5) is 0 Å². The fourth-order valence-electron chi connectivity index (χ4n) is 3.13. The van der Waals surface area contributed by atoms with E-state index >= 15 is 0 Å². The average molecular weight is 412 g/mol. The summed E-state index contributed by atoms with van der Waals surface area (Å²) in [5, 5.41) is 0. The van der Waals surface area contributed by atoms with Crippen LogP contribution in [0.1, 0.15) is 12.0 Å². The third-order valence-electron chi connectivity index (χ3n) is 4.53. The van der Waals surface area contributed by atoms with Gasteiger partial charge in [0.15, 0.2) is 16.3 Å². The molecule has 8 heteroatoms. The lowest BCUT2D eigenvalue weighted by molar-refractivity contribution is -0.140. The highest BCUT2D eigenvalue weighted by Gasteiger charge is 2.17. The van der Waals surface area contributed by atoms with Crippen molar-refractivity contribution in [1.82, 2.24) is 4.57 Å². The molecule has 1 aromatic heterocycles. The number of aromatic nitrogens is 1. The number of thiazole rings is 1. The third kappa shape index (κ3) is 4.32. The van der Waals surface area contributed by atoms with Crippen LogP contribution in [0.25, 0.3) is 10.2 Å². The Kier molecular flexibility index (Phi) is 5.62. The van der Waals surface area contributed by atoms with Gasteiger partial charge in [-0.3, -0.25) is 9.59 Å². The van der Waals surface area contributed by atoms with Gasteiger partial charge in [-0.25, -0.2) is 0 Å². The molecule has 1 aliphatic heterocycles. The van der Waals surface area contributed by atoms with Crippen molar-refractivity contribution in [2.24, 2.45) is 4.99 Å². The molecule has 0 N–H and O–H groups in total. The van der Waals surface area contributed by atoms with Crippen LogP contribution in [0, 0.1) is 0 Å². The van der Waals surface area contributed by atoms with E-state index in [1.807, 2.05) is 47.0 Å². The van der Waals surface area contributed by atoms with Crippen LogP contribution >= 0.6 is 11.3 Å². The maximum atomic E-state index is 12.5. The summed E-state index contributed by atoms with van der Waals surface area (Å²) in [6, 6.07) is 13.2. The highest BCUT2D eigenvalue weighted by Crippen LogP contribution is 2.35. The molecule has 0 unspecified atom stereocenters. The second kappa shape index (κ2) is 8.48. The molecule has 1 aliphatic rings. The molecule has 150 valence electrons. The zero-order chi connectivity index (χ0) is 20.2. The molecule has 1 amide bonds. The number of hydrogen-bond acceptors (Lipinski definition) is 6. The molecule has 0 atom stereocenters. The van der Waals surface area contributed by atoms with Crippen LogP contribution in [-0.4, -0.2) is 36.8 Å². The minimum absolute atomic E-state index is 0.177. The molecule has 4 rings (SSSR count). The number of nitrogens with zero attached hydrogens (tertiary/aromatic N) is 2. The van der Waals surface area contributed by atoms with E-state index in [1.54, 1.807) is 0 Å². The summed E-state index contributed by atoms with van der Waals surface area (Å²) in [6.07, 6.45) is 0.394. The monoisotopic (exact) mass is 412 g/mol. The van der Waals surface area contributed by atoms with Crippen LogP contribution < -0.4 is 14.3 Å². The molecule has 29 heavy (non-hydrogen) atoms. The van der Waals surface area contributed by atoms with Gasteiger partial charge in [-0.2, -0.15) is 4.99 Å². The zero-order valence-electron chi connectivity index (χ0n) is 15.9. The van der Waals surface area contributed by atoms with E-state index in [0.717, 1.165) is 15.8 Å². The van der Waals surface area contributed by atoms with E-state index in [1.165, 1.54) is 18.4 Å². The number of carbonyl (C=O) groups excluding carboxylic acids is 2. The molecule has 2 heterocycles. The first-order chi connectivity index (χ1) is 14.1. The minimum atomic E-state index is -0.323. The lowest BCUT2D eigenvalue weighted by atomic mass is 10.1. The first-order valence-corrected chi connectivity index (χ1v) is 10.1. The van der Waals surface area contributed by atoms with Crippen LogP contribution in [0.3, 0.4) is 0 Å². The molecule has 0 radical (unpaired) electrons. The number of amides is 1. The second-order valence-corrected chi connectivity index (χ2v) is 7.50. The first kappa shape index (κ1) is 19.2. The molecular formula is C21H20N2O5S. The van der Waals surface area contributed by atoms with Gasteiger partial charge in [0.2, 0.25) is 0 Å². The Hall–Kier alpha value is -3.13. The lowest BCUT2D eigenvalue weighted by Crippen LogP contribution is -2.20. The van der Waals surface area contributed by atoms with Gasteiger partial charge >= 0.3 is 5.97 Å². The number of rotatable bonds is 5. The van der Waals surface area contributed by atoms with Crippen LogP contribution in [0.2, 0.25) is 0 Å². The van der Waals surface area contributed by atoms with Gasteiger partial charge in [-0.1, -0.05) is 41.7 Å². The predicted molar refractivity (Wildman–Crippen MR) is 108 cm³/mol. The zero-order valence-corrected chi connectivity index (χ0v) is 16.7. The van der Waals surface area contributed by atoms with E-state index in [9.17, 15) is 9.59 Å². The average Bonchev–Trinajstić information content (AvgIpc) is 3.06. The summed E-state index contributed by atoms with van der Waals surface area (Å²) >= 11 is 1.38. The number of aryl methyl sites for hydroxylation is 1. The van der Waals surface area contributed by atoms with Gasteiger partial charge in [-0.05, 0) is 5.56 Å². The number of carbonyl (C=O) groups is 2. The third-order valence-corrected chi connectivity index (χ3v) is 5.57. The molecule has 0 bridgehead atoms. The Bertz CT molecular complexity index is 1120. The van der Waals surface area contributed by atoms with Crippen molar-refractivity contribution in [3.05, 3.63) is 52.8 Å². The Balaban J connectivity index is 1.74. The van der Waals surface area contributed by atoms with Gasteiger partial charge < -0.3 is 18.8 Å². The van der Waals surface area contributed by atoms with Crippen molar-refractivity contribution in [1.29, 1.82) is 0 Å². The molecular weight excluding hydrogens is 392 g/mol. The molecule has 7 nitrogen and oxygen atoms in total. The van der Waals surface area contributed by atoms with E-state index in [2.05, 4.69) is 4.99 Å². The van der Waals surface area contributed by atoms with E-state index in [0.29, 0.717) is 36.1 Å². The number of fused-ring (bicyclic) bond motifs is 2. The smallest absolute Gasteiger partial charge is 0.307 e. The Morgan fingerprint density at radius 1 is 1.14 bits per heavy atom. The van der Waals surface area contributed by atoms with Crippen molar-refractivity contribution in [2.45, 2.75) is 19.4 Å². The predicted octanol–water partition coefficient (Wildman–Crippen LogP) is 2.71. The summed E-state index contributed by atoms with van der Waals surface area (Å²) in [6.45, 7) is 1.33. The van der Waals surface area contributed by atoms with Crippen LogP contribution in [-0.2, 0) is 27.3 Å².